The molecule has 0 radical (unpaired) electrons. The van der Waals surface area contributed by atoms with E-state index in [1.165, 1.54) is 23.1 Å². The summed E-state index contributed by atoms with van der Waals surface area (Å²) in [6, 6.07) is 15.8. The summed E-state index contributed by atoms with van der Waals surface area (Å²) in [6.07, 6.45) is 1.43. The van der Waals surface area contributed by atoms with Crippen LogP contribution in [-0.4, -0.2) is 33.2 Å². The molecule has 32 heavy (non-hydrogen) atoms. The SMILES string of the molecule is Cc1c(NCc2ccccc2)ncnc1-n1nc(Nc2ccc(S(N)(=O)=O)cc2)nc1N. The van der Waals surface area contributed by atoms with Crippen molar-refractivity contribution in [1.29, 1.82) is 0 Å². The van der Waals surface area contributed by atoms with Gasteiger partial charge in [-0.05, 0) is 36.8 Å². The van der Waals surface area contributed by atoms with E-state index in [1.807, 2.05) is 37.3 Å². The Bertz CT molecular complexity index is 1340. The molecule has 0 aliphatic heterocycles. The van der Waals surface area contributed by atoms with Crippen molar-refractivity contribution < 1.29 is 8.42 Å². The zero-order valence-corrected chi connectivity index (χ0v) is 17.9. The van der Waals surface area contributed by atoms with Crippen LogP contribution in [0.25, 0.3) is 5.82 Å². The first kappa shape index (κ1) is 21.2. The van der Waals surface area contributed by atoms with Crippen molar-refractivity contribution in [2.45, 2.75) is 18.4 Å². The Hall–Kier alpha value is -4.03. The molecule has 0 amide bonds. The van der Waals surface area contributed by atoms with Crippen molar-refractivity contribution in [2.24, 2.45) is 5.14 Å². The molecular formula is C20H21N9O2S. The third-order valence-corrected chi connectivity index (χ3v) is 5.56. The number of benzene rings is 2. The van der Waals surface area contributed by atoms with Crippen molar-refractivity contribution in [3.8, 4) is 5.82 Å². The average Bonchev–Trinajstić information content (AvgIpc) is 3.13. The van der Waals surface area contributed by atoms with Crippen LogP contribution >= 0.6 is 0 Å². The normalized spacial score (nSPS) is 11.3. The maximum atomic E-state index is 11.4. The van der Waals surface area contributed by atoms with Crippen LogP contribution in [0.1, 0.15) is 11.1 Å². The van der Waals surface area contributed by atoms with Gasteiger partial charge in [-0.3, -0.25) is 0 Å². The number of sulfonamides is 1. The van der Waals surface area contributed by atoms with Crippen molar-refractivity contribution >= 4 is 33.4 Å². The molecule has 11 nitrogen and oxygen atoms in total. The van der Waals surface area contributed by atoms with Gasteiger partial charge in [0.2, 0.25) is 21.9 Å². The van der Waals surface area contributed by atoms with E-state index in [4.69, 9.17) is 10.9 Å². The largest absolute Gasteiger partial charge is 0.368 e. The third kappa shape index (κ3) is 4.66. The summed E-state index contributed by atoms with van der Waals surface area (Å²) in [7, 11) is -3.77. The zero-order valence-electron chi connectivity index (χ0n) is 17.1. The minimum Gasteiger partial charge on any atom is -0.368 e. The van der Waals surface area contributed by atoms with E-state index in [0.29, 0.717) is 23.9 Å². The Labute approximate surface area is 184 Å². The van der Waals surface area contributed by atoms with Crippen LogP contribution in [0.4, 0.5) is 23.4 Å². The summed E-state index contributed by atoms with van der Waals surface area (Å²) in [6.45, 7) is 2.47. The summed E-state index contributed by atoms with van der Waals surface area (Å²) in [5.41, 5.74) is 8.51. The number of rotatable bonds is 7. The second-order valence-corrected chi connectivity index (χ2v) is 8.47. The number of nitrogen functional groups attached to an aromatic ring is 1. The number of nitrogens with two attached hydrogens (primary N) is 2. The fourth-order valence-electron chi connectivity index (χ4n) is 3.00. The highest BCUT2D eigenvalue weighted by Crippen LogP contribution is 2.22. The average molecular weight is 452 g/mol. The maximum Gasteiger partial charge on any atom is 0.248 e. The summed E-state index contributed by atoms with van der Waals surface area (Å²) >= 11 is 0. The summed E-state index contributed by atoms with van der Waals surface area (Å²) in [5, 5.41) is 15.8. The summed E-state index contributed by atoms with van der Waals surface area (Å²) in [5.74, 6) is 1.49. The number of nitrogens with zero attached hydrogens (tertiary/aromatic N) is 5. The lowest BCUT2D eigenvalue weighted by molar-refractivity contribution is 0.598. The van der Waals surface area contributed by atoms with Crippen molar-refractivity contribution in [1.82, 2.24) is 24.7 Å². The Morgan fingerprint density at radius 2 is 1.75 bits per heavy atom. The fraction of sp³-hybridized carbons (Fsp3) is 0.100. The smallest absolute Gasteiger partial charge is 0.248 e. The number of nitrogens with one attached hydrogen (secondary N) is 2. The van der Waals surface area contributed by atoms with Crippen LogP contribution in [0.15, 0.2) is 65.8 Å². The molecule has 0 fully saturated rings. The van der Waals surface area contributed by atoms with E-state index in [0.717, 1.165) is 11.1 Å². The van der Waals surface area contributed by atoms with Gasteiger partial charge in [0, 0.05) is 17.8 Å². The minimum atomic E-state index is -3.77. The lowest BCUT2D eigenvalue weighted by Crippen LogP contribution is -2.11. The van der Waals surface area contributed by atoms with Crippen LogP contribution < -0.4 is 21.5 Å². The highest BCUT2D eigenvalue weighted by Gasteiger charge is 2.15. The Kier molecular flexibility index (Phi) is 5.71. The number of hydrogen-bond acceptors (Lipinski definition) is 9. The molecule has 0 unspecified atom stereocenters. The van der Waals surface area contributed by atoms with Crippen molar-refractivity contribution in [3.05, 3.63) is 72.1 Å². The van der Waals surface area contributed by atoms with Gasteiger partial charge in [0.1, 0.15) is 12.1 Å². The van der Waals surface area contributed by atoms with Crippen LogP contribution in [-0.2, 0) is 16.6 Å². The molecule has 2 aromatic carbocycles. The van der Waals surface area contributed by atoms with Crippen LogP contribution in [0.5, 0.6) is 0 Å². The second kappa shape index (κ2) is 8.61. The zero-order chi connectivity index (χ0) is 22.7. The molecule has 4 rings (SSSR count). The van der Waals surface area contributed by atoms with Gasteiger partial charge >= 0.3 is 0 Å². The van der Waals surface area contributed by atoms with Crippen LogP contribution in [0, 0.1) is 6.92 Å². The van der Waals surface area contributed by atoms with E-state index in [-0.39, 0.29) is 16.8 Å². The van der Waals surface area contributed by atoms with Gasteiger partial charge in [-0.15, -0.1) is 5.10 Å². The monoisotopic (exact) mass is 451 g/mol. The highest BCUT2D eigenvalue weighted by atomic mass is 32.2. The predicted octanol–water partition coefficient (Wildman–Crippen LogP) is 1.95. The second-order valence-electron chi connectivity index (χ2n) is 6.91. The quantitative estimate of drug-likeness (QED) is 0.328. The van der Waals surface area contributed by atoms with Gasteiger partial charge in [-0.1, -0.05) is 30.3 Å². The molecule has 6 N–H and O–H groups in total. The maximum absolute atomic E-state index is 11.4. The highest BCUT2D eigenvalue weighted by molar-refractivity contribution is 7.89. The fourth-order valence-corrected chi connectivity index (χ4v) is 3.52. The van der Waals surface area contributed by atoms with Gasteiger partial charge in [0.15, 0.2) is 5.82 Å². The Morgan fingerprint density at radius 1 is 1.03 bits per heavy atom. The van der Waals surface area contributed by atoms with E-state index in [1.54, 1.807) is 12.1 Å². The third-order valence-electron chi connectivity index (χ3n) is 4.63. The Morgan fingerprint density at radius 3 is 2.44 bits per heavy atom. The molecule has 0 aliphatic carbocycles. The van der Waals surface area contributed by atoms with E-state index in [9.17, 15) is 8.42 Å². The van der Waals surface area contributed by atoms with Crippen LogP contribution in [0.2, 0.25) is 0 Å². The molecule has 12 heteroatoms. The number of primary sulfonamides is 1. The van der Waals surface area contributed by atoms with E-state index < -0.39 is 10.0 Å². The van der Waals surface area contributed by atoms with Crippen LogP contribution in [0.3, 0.4) is 0 Å². The molecule has 0 saturated carbocycles. The molecule has 0 bridgehead atoms. The van der Waals surface area contributed by atoms with Gasteiger partial charge < -0.3 is 16.4 Å². The number of hydrogen-bond donors (Lipinski definition) is 4. The molecule has 0 spiro atoms. The first-order valence-electron chi connectivity index (χ1n) is 9.53. The lowest BCUT2D eigenvalue weighted by atomic mass is 10.2. The molecule has 2 aromatic heterocycles. The molecule has 0 aliphatic rings. The van der Waals surface area contributed by atoms with Gasteiger partial charge in [0.05, 0.1) is 4.90 Å². The number of anilines is 4. The summed E-state index contributed by atoms with van der Waals surface area (Å²) in [4.78, 5) is 12.8. The Balaban J connectivity index is 1.54. The topological polar surface area (TPSA) is 167 Å². The molecular weight excluding hydrogens is 430 g/mol. The molecule has 164 valence electrons. The lowest BCUT2D eigenvalue weighted by Gasteiger charge is -2.11. The van der Waals surface area contributed by atoms with Gasteiger partial charge in [-0.2, -0.15) is 9.67 Å². The van der Waals surface area contributed by atoms with E-state index >= 15 is 0 Å². The first-order valence-corrected chi connectivity index (χ1v) is 11.1. The summed E-state index contributed by atoms with van der Waals surface area (Å²) < 4.78 is 24.2. The minimum absolute atomic E-state index is 0.00759. The first-order chi connectivity index (χ1) is 15.3. The van der Waals surface area contributed by atoms with Crippen molar-refractivity contribution in [3.63, 3.8) is 0 Å². The van der Waals surface area contributed by atoms with Crippen molar-refractivity contribution in [2.75, 3.05) is 16.4 Å². The molecule has 4 aromatic rings. The molecule has 0 atom stereocenters. The van der Waals surface area contributed by atoms with Gasteiger partial charge in [-0.25, -0.2) is 23.5 Å². The molecule has 0 saturated heterocycles. The standard InChI is InChI=1S/C20H21N9O2S/c1-13-17(23-11-14-5-3-2-4-6-14)24-12-25-18(13)29-19(21)27-20(28-29)26-15-7-9-16(10-8-15)32(22,30)31/h2-10,12H,11H2,1H3,(H2,22,30,31)(H,23,24,25)(H3,21,26,27,28). The van der Waals surface area contributed by atoms with Gasteiger partial charge in [0.25, 0.3) is 0 Å². The molecule has 2 heterocycles. The predicted molar refractivity (Wildman–Crippen MR) is 121 cm³/mol. The van der Waals surface area contributed by atoms with E-state index in [2.05, 4.69) is 30.7 Å². The number of aromatic nitrogens is 5.